The predicted molar refractivity (Wildman–Crippen MR) is 93.3 cm³/mol. The Hall–Kier alpha value is -1.48. The van der Waals surface area contributed by atoms with Crippen molar-refractivity contribution in [3.05, 3.63) is 33.3 Å². The zero-order chi connectivity index (χ0) is 16.7. The largest absolute Gasteiger partial charge is 0.370 e. The van der Waals surface area contributed by atoms with Crippen LogP contribution in [-0.2, 0) is 4.74 Å². The normalized spacial score (nSPS) is 15.2. The number of nitro groups is 1. The Morgan fingerprint density at radius 2 is 2.17 bits per heavy atom. The molecule has 0 amide bonds. The van der Waals surface area contributed by atoms with Crippen molar-refractivity contribution in [1.82, 2.24) is 5.32 Å². The zero-order valence-electron chi connectivity index (χ0n) is 12.6. The standard InChI is InChI=1S/C14H19ClN4O3S/c15-12-3-2-11(19(20)21)10-13(12)17-14(23)16-4-1-5-18-6-8-22-9-7-18/h2-3,10H,1,4-9H2,(H2,16,17,23)/p+1. The van der Waals surface area contributed by atoms with E-state index in [2.05, 4.69) is 10.6 Å². The summed E-state index contributed by atoms with van der Waals surface area (Å²) in [5.74, 6) is 0. The Balaban J connectivity index is 1.74. The Morgan fingerprint density at radius 1 is 1.43 bits per heavy atom. The SMILES string of the molecule is O=[N+]([O-])c1ccc(Cl)c(NC(=S)NCCC[NH+]2CCOCC2)c1. The van der Waals surface area contributed by atoms with Crippen LogP contribution in [0.25, 0.3) is 0 Å². The third-order valence-corrected chi connectivity index (χ3v) is 4.18. The number of quaternary nitrogens is 1. The van der Waals surface area contributed by atoms with Crippen molar-refractivity contribution in [1.29, 1.82) is 0 Å². The summed E-state index contributed by atoms with van der Waals surface area (Å²) >= 11 is 11.2. The number of nitro benzene ring substituents is 1. The summed E-state index contributed by atoms with van der Waals surface area (Å²) in [7, 11) is 0. The highest BCUT2D eigenvalue weighted by molar-refractivity contribution is 7.80. The molecule has 0 atom stereocenters. The number of nitrogens with zero attached hydrogens (tertiary/aromatic N) is 1. The molecule has 0 saturated carbocycles. The number of thiocarbonyl (C=S) groups is 1. The van der Waals surface area contributed by atoms with Gasteiger partial charge in [-0.05, 0) is 18.3 Å². The molecule has 23 heavy (non-hydrogen) atoms. The van der Waals surface area contributed by atoms with Crippen LogP contribution in [-0.4, -0.2) is 49.4 Å². The van der Waals surface area contributed by atoms with E-state index in [1.165, 1.54) is 18.2 Å². The molecule has 1 saturated heterocycles. The summed E-state index contributed by atoms with van der Waals surface area (Å²) in [6.07, 6.45) is 0.986. The molecule has 0 aromatic heterocycles. The van der Waals surface area contributed by atoms with Gasteiger partial charge in [-0.3, -0.25) is 10.1 Å². The van der Waals surface area contributed by atoms with Crippen LogP contribution in [0.5, 0.6) is 0 Å². The van der Waals surface area contributed by atoms with Gasteiger partial charge in [0.2, 0.25) is 0 Å². The fourth-order valence-electron chi connectivity index (χ4n) is 2.34. The van der Waals surface area contributed by atoms with Crippen LogP contribution >= 0.6 is 23.8 Å². The van der Waals surface area contributed by atoms with E-state index in [4.69, 9.17) is 28.6 Å². The summed E-state index contributed by atoms with van der Waals surface area (Å²) in [5.41, 5.74) is 0.396. The topological polar surface area (TPSA) is 80.9 Å². The van der Waals surface area contributed by atoms with Crippen molar-refractivity contribution in [2.24, 2.45) is 0 Å². The van der Waals surface area contributed by atoms with Gasteiger partial charge in [-0.1, -0.05) is 11.6 Å². The number of benzene rings is 1. The van der Waals surface area contributed by atoms with E-state index in [9.17, 15) is 10.1 Å². The third-order valence-electron chi connectivity index (χ3n) is 3.60. The molecule has 0 bridgehead atoms. The van der Waals surface area contributed by atoms with Crippen LogP contribution in [0.4, 0.5) is 11.4 Å². The second-order valence-corrected chi connectivity index (χ2v) is 6.08. The first-order valence-electron chi connectivity index (χ1n) is 7.46. The molecule has 0 aliphatic carbocycles. The van der Waals surface area contributed by atoms with E-state index in [1.807, 2.05) is 0 Å². The van der Waals surface area contributed by atoms with E-state index in [-0.39, 0.29) is 5.69 Å². The van der Waals surface area contributed by atoms with Gasteiger partial charge < -0.3 is 20.3 Å². The molecule has 0 spiro atoms. The summed E-state index contributed by atoms with van der Waals surface area (Å²) in [6.45, 7) is 5.55. The van der Waals surface area contributed by atoms with Gasteiger partial charge in [0.05, 0.1) is 35.4 Å². The molecule has 1 aliphatic heterocycles. The molecule has 0 unspecified atom stereocenters. The van der Waals surface area contributed by atoms with Gasteiger partial charge in [0.1, 0.15) is 13.1 Å². The fourth-order valence-corrected chi connectivity index (χ4v) is 2.72. The maximum absolute atomic E-state index is 10.8. The Kier molecular flexibility index (Phi) is 6.97. The van der Waals surface area contributed by atoms with Crippen LogP contribution in [0.2, 0.25) is 5.02 Å². The number of non-ortho nitro benzene ring substituents is 1. The Labute approximate surface area is 145 Å². The van der Waals surface area contributed by atoms with Gasteiger partial charge in [-0.2, -0.15) is 0 Å². The van der Waals surface area contributed by atoms with Crippen molar-refractivity contribution in [3.63, 3.8) is 0 Å². The average molecular weight is 360 g/mol. The van der Waals surface area contributed by atoms with Crippen LogP contribution in [0, 0.1) is 10.1 Å². The molecule has 1 aromatic rings. The van der Waals surface area contributed by atoms with Gasteiger partial charge in [-0.15, -0.1) is 0 Å². The number of rotatable bonds is 6. The molecule has 7 nitrogen and oxygen atoms in total. The highest BCUT2D eigenvalue weighted by atomic mass is 35.5. The fraction of sp³-hybridized carbons (Fsp3) is 0.500. The molecule has 126 valence electrons. The quantitative estimate of drug-likeness (QED) is 0.302. The van der Waals surface area contributed by atoms with Crippen molar-refractivity contribution in [2.45, 2.75) is 6.42 Å². The number of ether oxygens (including phenoxy) is 1. The first-order chi connectivity index (χ1) is 11.1. The maximum atomic E-state index is 10.8. The van der Waals surface area contributed by atoms with E-state index < -0.39 is 4.92 Å². The van der Waals surface area contributed by atoms with E-state index >= 15 is 0 Å². The molecule has 9 heteroatoms. The molecule has 1 heterocycles. The molecular weight excluding hydrogens is 340 g/mol. The number of anilines is 1. The molecular formula is C14H20ClN4O3S+. The lowest BCUT2D eigenvalue weighted by molar-refractivity contribution is -0.908. The van der Waals surface area contributed by atoms with Gasteiger partial charge in [0.25, 0.3) is 5.69 Å². The number of nitrogens with one attached hydrogen (secondary N) is 3. The van der Waals surface area contributed by atoms with Crippen LogP contribution in [0.15, 0.2) is 18.2 Å². The molecule has 2 rings (SSSR count). The highest BCUT2D eigenvalue weighted by Crippen LogP contribution is 2.26. The summed E-state index contributed by atoms with van der Waals surface area (Å²) in [4.78, 5) is 11.9. The van der Waals surface area contributed by atoms with Crippen molar-refractivity contribution in [3.8, 4) is 0 Å². The Bertz CT molecular complexity index is 567. The predicted octanol–water partition coefficient (Wildman–Crippen LogP) is 0.840. The van der Waals surface area contributed by atoms with Gasteiger partial charge in [-0.25, -0.2) is 0 Å². The number of hydrogen-bond acceptors (Lipinski definition) is 4. The number of hydrogen-bond donors (Lipinski definition) is 3. The van der Waals surface area contributed by atoms with Crippen molar-refractivity contribution in [2.75, 3.05) is 44.7 Å². The second-order valence-electron chi connectivity index (χ2n) is 5.27. The summed E-state index contributed by atoms with van der Waals surface area (Å²) < 4.78 is 5.32. The number of halogens is 1. The summed E-state index contributed by atoms with van der Waals surface area (Å²) in [6, 6.07) is 4.20. The van der Waals surface area contributed by atoms with Gasteiger partial charge in [0.15, 0.2) is 5.11 Å². The molecule has 1 fully saturated rings. The molecule has 3 N–H and O–H groups in total. The minimum atomic E-state index is -0.469. The van der Waals surface area contributed by atoms with Crippen LogP contribution in [0.3, 0.4) is 0 Å². The number of morpholine rings is 1. The minimum Gasteiger partial charge on any atom is -0.370 e. The Morgan fingerprint density at radius 3 is 2.87 bits per heavy atom. The van der Waals surface area contributed by atoms with Gasteiger partial charge >= 0.3 is 0 Å². The first-order valence-corrected chi connectivity index (χ1v) is 8.25. The third kappa shape index (κ3) is 5.91. The lowest BCUT2D eigenvalue weighted by Crippen LogP contribution is -3.14. The van der Waals surface area contributed by atoms with Crippen LogP contribution < -0.4 is 15.5 Å². The lowest BCUT2D eigenvalue weighted by atomic mass is 10.3. The molecule has 0 radical (unpaired) electrons. The lowest BCUT2D eigenvalue weighted by Gasteiger charge is -2.23. The second kappa shape index (κ2) is 8.97. The zero-order valence-corrected chi connectivity index (χ0v) is 14.2. The maximum Gasteiger partial charge on any atom is 0.271 e. The minimum absolute atomic E-state index is 0.0318. The van der Waals surface area contributed by atoms with E-state index in [0.29, 0.717) is 15.8 Å². The van der Waals surface area contributed by atoms with Crippen molar-refractivity contribution >= 4 is 40.3 Å². The van der Waals surface area contributed by atoms with E-state index in [0.717, 1.165) is 45.8 Å². The first kappa shape index (κ1) is 17.9. The monoisotopic (exact) mass is 359 g/mol. The van der Waals surface area contributed by atoms with E-state index in [1.54, 1.807) is 4.90 Å². The summed E-state index contributed by atoms with van der Waals surface area (Å²) in [5, 5.41) is 17.6. The molecule has 1 aliphatic rings. The highest BCUT2D eigenvalue weighted by Gasteiger charge is 2.13. The molecule has 1 aromatic carbocycles. The smallest absolute Gasteiger partial charge is 0.271 e. The van der Waals surface area contributed by atoms with Crippen LogP contribution in [0.1, 0.15) is 6.42 Å². The van der Waals surface area contributed by atoms with Gasteiger partial charge in [0, 0.05) is 25.1 Å². The average Bonchev–Trinajstić information content (AvgIpc) is 2.54. The van der Waals surface area contributed by atoms with Crippen molar-refractivity contribution < 1.29 is 14.6 Å².